The maximum Gasteiger partial charge on any atom is 0.248 e. The Balaban J connectivity index is 1.77. The normalized spacial score (nSPS) is 32.9. The van der Waals surface area contributed by atoms with Crippen LogP contribution in [0.15, 0.2) is 24.3 Å². The second kappa shape index (κ2) is 9.94. The van der Waals surface area contributed by atoms with E-state index in [1.165, 1.54) is 0 Å². The highest BCUT2D eigenvalue weighted by atomic mass is 35.5. The van der Waals surface area contributed by atoms with E-state index in [0.717, 1.165) is 19.3 Å². The smallest absolute Gasteiger partial charge is 0.248 e. The lowest BCUT2D eigenvalue weighted by molar-refractivity contribution is -0.143. The Kier molecular flexibility index (Phi) is 7.47. The van der Waals surface area contributed by atoms with Crippen molar-refractivity contribution >= 4 is 46.8 Å². The number of hydrogen-bond donors (Lipinski definition) is 3. The molecule has 2 unspecified atom stereocenters. The van der Waals surface area contributed by atoms with E-state index in [1.54, 1.807) is 40.9 Å². The van der Waals surface area contributed by atoms with Gasteiger partial charge in [0.25, 0.3) is 0 Å². The fraction of sp³-hybridized carbons (Fsp3) is 0.654. The fourth-order valence-corrected chi connectivity index (χ4v) is 8.81. The molecule has 2 bridgehead atoms. The average molecular weight is 522 g/mol. The molecule has 0 radical (unpaired) electrons. The number of thioether (sulfide) groups is 1. The Bertz CT molecular complexity index is 991. The number of carbonyl (C=O) groups excluding carboxylic acids is 3. The molecule has 192 valence electrons. The van der Waals surface area contributed by atoms with Gasteiger partial charge in [-0.2, -0.15) is 0 Å². The van der Waals surface area contributed by atoms with Gasteiger partial charge in [-0.1, -0.05) is 38.8 Å². The molecule has 4 rings (SSSR count). The molecule has 1 aromatic carbocycles. The summed E-state index contributed by atoms with van der Waals surface area (Å²) in [4.78, 5) is 43.1. The number of fused-ring (bicyclic) bond motifs is 1. The molecule has 3 aliphatic rings. The van der Waals surface area contributed by atoms with E-state index in [2.05, 4.69) is 17.6 Å². The summed E-state index contributed by atoms with van der Waals surface area (Å²) in [5.41, 5.74) is 0.594. The van der Waals surface area contributed by atoms with Crippen molar-refractivity contribution in [1.82, 2.24) is 10.2 Å². The summed E-state index contributed by atoms with van der Waals surface area (Å²) in [5, 5.41) is 16.9. The summed E-state index contributed by atoms with van der Waals surface area (Å²) in [6, 6.07) is 5.59. The maximum absolute atomic E-state index is 14.2. The zero-order valence-electron chi connectivity index (χ0n) is 20.8. The van der Waals surface area contributed by atoms with Crippen LogP contribution in [0.3, 0.4) is 0 Å². The number of rotatable bonds is 9. The highest BCUT2D eigenvalue weighted by molar-refractivity contribution is 8.02. The van der Waals surface area contributed by atoms with Gasteiger partial charge >= 0.3 is 0 Å². The van der Waals surface area contributed by atoms with Crippen molar-refractivity contribution in [2.24, 2.45) is 17.8 Å². The van der Waals surface area contributed by atoms with Crippen LogP contribution < -0.4 is 10.6 Å². The van der Waals surface area contributed by atoms with Crippen molar-refractivity contribution in [1.29, 1.82) is 0 Å². The molecule has 3 heterocycles. The van der Waals surface area contributed by atoms with Crippen LogP contribution in [0.2, 0.25) is 5.02 Å². The molecular formula is C26H36ClN3O4S. The number of carbonyl (C=O) groups is 3. The Labute approximate surface area is 216 Å². The van der Waals surface area contributed by atoms with Gasteiger partial charge in [0.15, 0.2) is 0 Å². The third kappa shape index (κ3) is 4.25. The van der Waals surface area contributed by atoms with Gasteiger partial charge in [0, 0.05) is 22.0 Å². The van der Waals surface area contributed by atoms with Crippen LogP contribution in [0, 0.1) is 17.8 Å². The number of likely N-dealkylation sites (tertiary alicyclic amines) is 1. The van der Waals surface area contributed by atoms with Crippen LogP contribution in [-0.4, -0.2) is 62.5 Å². The van der Waals surface area contributed by atoms with Gasteiger partial charge in [0.2, 0.25) is 17.7 Å². The summed E-state index contributed by atoms with van der Waals surface area (Å²) in [6.07, 6.45) is 3.00. The standard InChI is InChI=1S/C26H36ClN3O4S/c1-5-13-28-22(32)19-20-24(34)30(18(14-31)15(3)6-2)21(26(20)12-11-25(19,4)35-26)23(33)29-17-9-7-16(27)8-10-17/h7-10,15,18-21,31H,5-6,11-14H2,1-4H3,(H,28,32)(H,29,33)/t15-,18-,19+,20-,21?,25-,26?/m0/s1. The molecule has 0 saturated carbocycles. The minimum absolute atomic E-state index is 0.00448. The Morgan fingerprint density at radius 1 is 1.23 bits per heavy atom. The Morgan fingerprint density at radius 2 is 1.91 bits per heavy atom. The van der Waals surface area contributed by atoms with E-state index in [0.29, 0.717) is 23.7 Å². The third-order valence-electron chi connectivity index (χ3n) is 8.25. The quantitative estimate of drug-likeness (QED) is 0.460. The van der Waals surface area contributed by atoms with Crippen molar-refractivity contribution in [3.8, 4) is 0 Å². The summed E-state index contributed by atoms with van der Waals surface area (Å²) < 4.78 is -1.12. The van der Waals surface area contributed by atoms with Crippen LogP contribution in [0.25, 0.3) is 0 Å². The van der Waals surface area contributed by atoms with E-state index < -0.39 is 33.4 Å². The topological polar surface area (TPSA) is 98.7 Å². The van der Waals surface area contributed by atoms with Crippen LogP contribution >= 0.6 is 23.4 Å². The zero-order chi connectivity index (χ0) is 25.5. The molecule has 3 N–H and O–H groups in total. The van der Waals surface area contributed by atoms with Gasteiger partial charge in [0.05, 0.1) is 29.2 Å². The molecule has 3 aliphatic heterocycles. The largest absolute Gasteiger partial charge is 0.394 e. The van der Waals surface area contributed by atoms with E-state index in [9.17, 15) is 19.5 Å². The summed E-state index contributed by atoms with van der Waals surface area (Å²) in [5.74, 6) is -1.68. The van der Waals surface area contributed by atoms with Crippen LogP contribution in [-0.2, 0) is 14.4 Å². The lowest BCUT2D eigenvalue weighted by atomic mass is 9.66. The van der Waals surface area contributed by atoms with Crippen molar-refractivity contribution in [2.45, 2.75) is 75.0 Å². The number of hydrogen-bond acceptors (Lipinski definition) is 5. The molecule has 3 amide bonds. The molecule has 3 saturated heterocycles. The van der Waals surface area contributed by atoms with Crippen molar-refractivity contribution in [3.63, 3.8) is 0 Å². The van der Waals surface area contributed by atoms with Gasteiger partial charge < -0.3 is 20.6 Å². The maximum atomic E-state index is 14.2. The van der Waals surface area contributed by atoms with Gasteiger partial charge in [-0.25, -0.2) is 0 Å². The fourth-order valence-electron chi connectivity index (χ4n) is 6.34. The van der Waals surface area contributed by atoms with E-state index >= 15 is 0 Å². The first-order chi connectivity index (χ1) is 16.6. The molecular weight excluding hydrogens is 486 g/mol. The van der Waals surface area contributed by atoms with E-state index in [-0.39, 0.29) is 30.2 Å². The molecule has 7 atom stereocenters. The highest BCUT2D eigenvalue weighted by Crippen LogP contribution is 2.71. The van der Waals surface area contributed by atoms with Gasteiger partial charge in [0.1, 0.15) is 6.04 Å². The first-order valence-electron chi connectivity index (χ1n) is 12.6. The molecule has 9 heteroatoms. The zero-order valence-corrected chi connectivity index (χ0v) is 22.4. The SMILES string of the molecule is CCCNC(=O)[C@H]1[C@H]2C(=O)N([C@@H](CO)[C@@H](C)CC)C(C(=O)Nc3ccc(Cl)cc3)C23CC[C@]1(C)S3. The third-order valence-corrected chi connectivity index (χ3v) is 10.5. The van der Waals surface area contributed by atoms with Crippen molar-refractivity contribution < 1.29 is 19.5 Å². The van der Waals surface area contributed by atoms with Crippen molar-refractivity contribution in [2.75, 3.05) is 18.5 Å². The second-order valence-corrected chi connectivity index (χ2v) is 12.7. The monoisotopic (exact) mass is 521 g/mol. The van der Waals surface area contributed by atoms with Crippen LogP contribution in [0.1, 0.15) is 53.4 Å². The molecule has 1 spiro atoms. The number of anilines is 1. The first-order valence-corrected chi connectivity index (χ1v) is 13.8. The number of amides is 3. The molecule has 0 aromatic heterocycles. The predicted octanol–water partition coefficient (Wildman–Crippen LogP) is 3.69. The average Bonchev–Trinajstić information content (AvgIpc) is 3.40. The van der Waals surface area contributed by atoms with Gasteiger partial charge in [-0.05, 0) is 56.4 Å². The number of nitrogens with zero attached hydrogens (tertiary/aromatic N) is 1. The Morgan fingerprint density at radius 3 is 2.51 bits per heavy atom. The minimum Gasteiger partial charge on any atom is -0.394 e. The second-order valence-electron chi connectivity index (χ2n) is 10.4. The lowest BCUT2D eigenvalue weighted by Gasteiger charge is -2.39. The number of nitrogens with one attached hydrogen (secondary N) is 2. The predicted molar refractivity (Wildman–Crippen MR) is 139 cm³/mol. The molecule has 0 aliphatic carbocycles. The lowest BCUT2D eigenvalue weighted by Crippen LogP contribution is -2.56. The van der Waals surface area contributed by atoms with Crippen LogP contribution in [0.4, 0.5) is 5.69 Å². The molecule has 7 nitrogen and oxygen atoms in total. The van der Waals surface area contributed by atoms with Crippen LogP contribution in [0.5, 0.6) is 0 Å². The molecule has 35 heavy (non-hydrogen) atoms. The van der Waals surface area contributed by atoms with E-state index in [1.807, 2.05) is 20.8 Å². The summed E-state index contributed by atoms with van der Waals surface area (Å²) in [6.45, 7) is 8.38. The number of aliphatic hydroxyl groups is 1. The molecule has 1 aromatic rings. The number of halogens is 1. The minimum atomic E-state index is -0.780. The number of aliphatic hydroxyl groups excluding tert-OH is 1. The Hall–Kier alpha value is -1.77. The first kappa shape index (κ1) is 26.3. The summed E-state index contributed by atoms with van der Waals surface area (Å²) in [7, 11) is 0. The number of benzene rings is 1. The van der Waals surface area contributed by atoms with Gasteiger partial charge in [-0.3, -0.25) is 14.4 Å². The van der Waals surface area contributed by atoms with Gasteiger partial charge in [-0.15, -0.1) is 11.8 Å². The molecule has 3 fully saturated rings. The van der Waals surface area contributed by atoms with E-state index in [4.69, 9.17) is 11.6 Å². The van der Waals surface area contributed by atoms with Crippen molar-refractivity contribution in [3.05, 3.63) is 29.3 Å². The highest BCUT2D eigenvalue weighted by Gasteiger charge is 2.77. The summed E-state index contributed by atoms with van der Waals surface area (Å²) >= 11 is 7.65.